The fraction of sp³-hybridized carbons (Fsp3) is 0.625. The molecule has 1 atom stereocenters. The Hall–Kier alpha value is -1.38. The van der Waals surface area contributed by atoms with Crippen LogP contribution in [0.1, 0.15) is 39.5 Å². The summed E-state index contributed by atoms with van der Waals surface area (Å²) in [5.41, 5.74) is 1.51. The molecule has 1 aliphatic heterocycles. The summed E-state index contributed by atoms with van der Waals surface area (Å²) < 4.78 is 11.2. The highest BCUT2D eigenvalue weighted by atomic mass is 16.6. The molecule has 104 valence electrons. The van der Waals surface area contributed by atoms with Gasteiger partial charge in [0.2, 0.25) is 0 Å². The van der Waals surface area contributed by atoms with Crippen LogP contribution >= 0.6 is 0 Å². The molecule has 2 aliphatic rings. The first-order valence-electron chi connectivity index (χ1n) is 7.31. The van der Waals surface area contributed by atoms with Gasteiger partial charge in [-0.3, -0.25) is 0 Å². The zero-order chi connectivity index (χ0) is 13.3. The van der Waals surface area contributed by atoms with Gasteiger partial charge >= 0.3 is 0 Å². The molecule has 3 rings (SSSR count). The highest BCUT2D eigenvalue weighted by molar-refractivity contribution is 5.55. The molecule has 1 heterocycles. The SMILES string of the molecule is CC1(C)CCCCC1Nc1ccc2c(c1)OCCO2. The molecular formula is C16H23NO2. The minimum Gasteiger partial charge on any atom is -0.486 e. The Morgan fingerprint density at radius 2 is 1.89 bits per heavy atom. The zero-order valence-corrected chi connectivity index (χ0v) is 11.9. The van der Waals surface area contributed by atoms with Crippen LogP contribution < -0.4 is 14.8 Å². The summed E-state index contributed by atoms with van der Waals surface area (Å²) in [6.45, 7) is 6.02. The van der Waals surface area contributed by atoms with Gasteiger partial charge in [0.1, 0.15) is 13.2 Å². The van der Waals surface area contributed by atoms with Crippen molar-refractivity contribution in [3.63, 3.8) is 0 Å². The average molecular weight is 261 g/mol. The Morgan fingerprint density at radius 1 is 1.11 bits per heavy atom. The number of ether oxygens (including phenoxy) is 2. The maximum Gasteiger partial charge on any atom is 0.163 e. The van der Waals surface area contributed by atoms with Crippen LogP contribution in [0.25, 0.3) is 0 Å². The van der Waals surface area contributed by atoms with E-state index in [1.165, 1.54) is 25.7 Å². The van der Waals surface area contributed by atoms with E-state index >= 15 is 0 Å². The van der Waals surface area contributed by atoms with Crippen LogP contribution in [0.5, 0.6) is 11.5 Å². The summed E-state index contributed by atoms with van der Waals surface area (Å²) in [7, 11) is 0. The average Bonchev–Trinajstić information content (AvgIpc) is 2.41. The minimum atomic E-state index is 0.367. The van der Waals surface area contributed by atoms with Crippen LogP contribution in [0, 0.1) is 5.41 Å². The molecule has 1 aromatic rings. The Labute approximate surface area is 115 Å². The fourth-order valence-electron chi connectivity index (χ4n) is 3.10. The zero-order valence-electron chi connectivity index (χ0n) is 11.9. The van der Waals surface area contributed by atoms with Crippen molar-refractivity contribution in [3.8, 4) is 11.5 Å². The molecular weight excluding hydrogens is 238 g/mol. The molecule has 1 fully saturated rings. The molecule has 19 heavy (non-hydrogen) atoms. The summed E-state index contributed by atoms with van der Waals surface area (Å²) in [6, 6.07) is 6.72. The lowest BCUT2D eigenvalue weighted by atomic mass is 9.73. The van der Waals surface area contributed by atoms with Crippen LogP contribution in [-0.4, -0.2) is 19.3 Å². The predicted molar refractivity (Wildman–Crippen MR) is 77.1 cm³/mol. The summed E-state index contributed by atoms with van der Waals surface area (Å²) in [5.74, 6) is 1.73. The van der Waals surface area contributed by atoms with Gasteiger partial charge in [0.15, 0.2) is 11.5 Å². The van der Waals surface area contributed by atoms with Crippen LogP contribution in [0.2, 0.25) is 0 Å². The standard InChI is InChI=1S/C16H23NO2/c1-16(2)8-4-3-5-15(16)17-12-6-7-13-14(11-12)19-10-9-18-13/h6-7,11,15,17H,3-5,8-10H2,1-2H3. The second kappa shape index (κ2) is 4.95. The van der Waals surface area contributed by atoms with E-state index in [4.69, 9.17) is 9.47 Å². The Bertz CT molecular complexity index is 456. The molecule has 3 heteroatoms. The monoisotopic (exact) mass is 261 g/mol. The molecule has 0 radical (unpaired) electrons. The van der Waals surface area contributed by atoms with Gasteiger partial charge in [0.05, 0.1) is 0 Å². The maximum absolute atomic E-state index is 5.64. The lowest BCUT2D eigenvalue weighted by Gasteiger charge is -2.39. The fourth-order valence-corrected chi connectivity index (χ4v) is 3.10. The molecule has 1 saturated carbocycles. The van der Waals surface area contributed by atoms with Crippen molar-refractivity contribution in [1.82, 2.24) is 0 Å². The number of anilines is 1. The van der Waals surface area contributed by atoms with Crippen LogP contribution in [0.15, 0.2) is 18.2 Å². The van der Waals surface area contributed by atoms with Crippen molar-refractivity contribution in [3.05, 3.63) is 18.2 Å². The molecule has 1 N–H and O–H groups in total. The van der Waals surface area contributed by atoms with Crippen LogP contribution in [0.3, 0.4) is 0 Å². The van der Waals surface area contributed by atoms with E-state index in [-0.39, 0.29) is 0 Å². The molecule has 0 aromatic heterocycles. The smallest absolute Gasteiger partial charge is 0.163 e. The molecule has 1 aromatic carbocycles. The molecule has 0 saturated heterocycles. The number of benzene rings is 1. The van der Waals surface area contributed by atoms with Crippen molar-refractivity contribution < 1.29 is 9.47 Å². The second-order valence-electron chi connectivity index (χ2n) is 6.29. The van der Waals surface area contributed by atoms with Gasteiger partial charge in [0, 0.05) is 17.8 Å². The van der Waals surface area contributed by atoms with Crippen LogP contribution in [0.4, 0.5) is 5.69 Å². The molecule has 1 unspecified atom stereocenters. The lowest BCUT2D eigenvalue weighted by molar-refractivity contribution is 0.171. The Balaban J connectivity index is 1.75. The first kappa shape index (κ1) is 12.6. The first-order valence-corrected chi connectivity index (χ1v) is 7.31. The van der Waals surface area contributed by atoms with Gasteiger partial charge in [-0.05, 0) is 30.4 Å². The molecule has 3 nitrogen and oxygen atoms in total. The van der Waals surface area contributed by atoms with Gasteiger partial charge < -0.3 is 14.8 Å². The second-order valence-corrected chi connectivity index (χ2v) is 6.29. The third kappa shape index (κ3) is 2.65. The first-order chi connectivity index (χ1) is 9.15. The number of hydrogen-bond acceptors (Lipinski definition) is 3. The van der Waals surface area contributed by atoms with Gasteiger partial charge in [-0.15, -0.1) is 0 Å². The molecule has 0 bridgehead atoms. The van der Waals surface area contributed by atoms with Gasteiger partial charge in [0.25, 0.3) is 0 Å². The largest absolute Gasteiger partial charge is 0.486 e. The van der Waals surface area contributed by atoms with E-state index in [9.17, 15) is 0 Å². The van der Waals surface area contributed by atoms with Gasteiger partial charge in [-0.25, -0.2) is 0 Å². The summed E-state index contributed by atoms with van der Waals surface area (Å²) >= 11 is 0. The number of hydrogen-bond donors (Lipinski definition) is 1. The van der Waals surface area contributed by atoms with Gasteiger partial charge in [-0.1, -0.05) is 26.7 Å². The topological polar surface area (TPSA) is 30.5 Å². The third-order valence-electron chi connectivity index (χ3n) is 4.39. The quantitative estimate of drug-likeness (QED) is 0.877. The number of rotatable bonds is 2. The van der Waals surface area contributed by atoms with E-state index in [1.807, 2.05) is 6.07 Å². The molecule has 0 spiro atoms. The highest BCUT2D eigenvalue weighted by Crippen LogP contribution is 2.39. The van der Waals surface area contributed by atoms with E-state index < -0.39 is 0 Å². The van der Waals surface area contributed by atoms with E-state index in [2.05, 4.69) is 31.3 Å². The van der Waals surface area contributed by atoms with Crippen LogP contribution in [-0.2, 0) is 0 Å². The number of nitrogens with one attached hydrogen (secondary N) is 1. The van der Waals surface area contributed by atoms with Crippen molar-refractivity contribution >= 4 is 5.69 Å². The Kier molecular flexibility index (Phi) is 3.29. The van der Waals surface area contributed by atoms with E-state index in [0.29, 0.717) is 24.7 Å². The van der Waals surface area contributed by atoms with Gasteiger partial charge in [-0.2, -0.15) is 0 Å². The number of fused-ring (bicyclic) bond motifs is 1. The van der Waals surface area contributed by atoms with Crippen molar-refractivity contribution in [2.75, 3.05) is 18.5 Å². The predicted octanol–water partition coefficient (Wildman–Crippen LogP) is 3.84. The minimum absolute atomic E-state index is 0.367. The molecule has 1 aliphatic carbocycles. The maximum atomic E-state index is 5.64. The highest BCUT2D eigenvalue weighted by Gasteiger charge is 2.32. The van der Waals surface area contributed by atoms with Crippen molar-refractivity contribution in [2.45, 2.75) is 45.6 Å². The van der Waals surface area contributed by atoms with Crippen molar-refractivity contribution in [2.24, 2.45) is 5.41 Å². The molecule has 0 amide bonds. The van der Waals surface area contributed by atoms with Crippen molar-refractivity contribution in [1.29, 1.82) is 0 Å². The van der Waals surface area contributed by atoms with E-state index in [0.717, 1.165) is 17.2 Å². The summed E-state index contributed by atoms with van der Waals surface area (Å²) in [5, 5.41) is 3.69. The third-order valence-corrected chi connectivity index (χ3v) is 4.39. The Morgan fingerprint density at radius 3 is 2.68 bits per heavy atom. The summed E-state index contributed by atoms with van der Waals surface area (Å²) in [6.07, 6.45) is 5.23. The lowest BCUT2D eigenvalue weighted by Crippen LogP contribution is -2.38. The normalized spacial score (nSPS) is 24.8. The summed E-state index contributed by atoms with van der Waals surface area (Å²) in [4.78, 5) is 0. The van der Waals surface area contributed by atoms with E-state index in [1.54, 1.807) is 0 Å².